The van der Waals surface area contributed by atoms with Gasteiger partial charge in [-0.1, -0.05) is 89.4 Å². The zero-order chi connectivity index (χ0) is 38.9. The van der Waals surface area contributed by atoms with Crippen molar-refractivity contribution in [3.63, 3.8) is 0 Å². The van der Waals surface area contributed by atoms with Gasteiger partial charge in [0.1, 0.15) is 6.10 Å². The maximum absolute atomic E-state index is 13.4. The van der Waals surface area contributed by atoms with Crippen LogP contribution in [-0.4, -0.2) is 29.1 Å². The van der Waals surface area contributed by atoms with Crippen molar-refractivity contribution < 1.29 is 24.2 Å². The number of hydrogen-bond donors (Lipinski definition) is 2. The van der Waals surface area contributed by atoms with Crippen molar-refractivity contribution in [3.8, 4) is 0 Å². The highest BCUT2D eigenvalue weighted by molar-refractivity contribution is 6.30. The van der Waals surface area contributed by atoms with Gasteiger partial charge in [0.05, 0.1) is 17.9 Å². The van der Waals surface area contributed by atoms with E-state index in [1.165, 1.54) is 12.8 Å². The highest BCUT2D eigenvalue weighted by atomic mass is 35.5. The molecule has 0 saturated heterocycles. The minimum absolute atomic E-state index is 0.0473. The van der Waals surface area contributed by atoms with E-state index in [1.807, 2.05) is 37.3 Å². The number of hydrogen-bond acceptors (Lipinski definition) is 4. The fourth-order valence-electron chi connectivity index (χ4n) is 13.2. The third-order valence-electron chi connectivity index (χ3n) is 16.4. The van der Waals surface area contributed by atoms with Gasteiger partial charge in [0.15, 0.2) is 0 Å². The van der Waals surface area contributed by atoms with Gasteiger partial charge in [-0.15, -0.1) is 0 Å². The van der Waals surface area contributed by atoms with Gasteiger partial charge in [-0.2, -0.15) is 0 Å². The Morgan fingerprint density at radius 2 is 1.66 bits per heavy atom. The Morgan fingerprint density at radius 1 is 0.943 bits per heavy atom. The number of carboxylic acid groups (broad SMARTS) is 1. The van der Waals surface area contributed by atoms with E-state index in [0.29, 0.717) is 28.7 Å². The Kier molecular flexibility index (Phi) is 10.5. The molecular weight excluding hydrogens is 682 g/mol. The van der Waals surface area contributed by atoms with Crippen LogP contribution in [0.3, 0.4) is 0 Å². The van der Waals surface area contributed by atoms with Crippen LogP contribution in [0.2, 0.25) is 5.02 Å². The fourth-order valence-corrected chi connectivity index (χ4v) is 13.4. The van der Waals surface area contributed by atoms with Crippen molar-refractivity contribution in [1.29, 1.82) is 0 Å². The van der Waals surface area contributed by atoms with Gasteiger partial charge >= 0.3 is 11.9 Å². The van der Waals surface area contributed by atoms with Crippen LogP contribution in [0.15, 0.2) is 47.6 Å². The highest BCUT2D eigenvalue weighted by Crippen LogP contribution is 2.77. The number of carboxylic acids is 1. The average molecular weight is 748 g/mol. The van der Waals surface area contributed by atoms with E-state index in [9.17, 15) is 19.5 Å². The van der Waals surface area contributed by atoms with Crippen LogP contribution in [-0.2, 0) is 19.1 Å². The minimum atomic E-state index is -1.15. The number of fused-ring (bicyclic) bond motifs is 7. The zero-order valence-corrected chi connectivity index (χ0v) is 34.9. The largest absolute Gasteiger partial charge is 0.481 e. The molecule has 4 fully saturated rings. The number of esters is 1. The van der Waals surface area contributed by atoms with Crippen LogP contribution in [0.5, 0.6) is 0 Å². The summed E-state index contributed by atoms with van der Waals surface area (Å²) >= 11 is 6.25. The zero-order valence-electron chi connectivity index (χ0n) is 34.2. The normalized spacial score (nSPS) is 37.0. The Labute approximate surface area is 324 Å². The van der Waals surface area contributed by atoms with Gasteiger partial charge < -0.3 is 15.2 Å². The molecule has 5 aliphatic carbocycles. The topological polar surface area (TPSA) is 92.7 Å². The van der Waals surface area contributed by atoms with Crippen molar-refractivity contribution in [2.75, 3.05) is 0 Å². The van der Waals surface area contributed by atoms with Gasteiger partial charge in [0, 0.05) is 15.9 Å². The SMILES string of the molecule is CC(C)C1=C2[C@H]3CCC4[C@@]5(C)CC[C@H](OC(=O)CC(C)(C)C(=O)O)C(C)(C)C5CC[C@@]4(C)[C@]3(C)CC[C@@]2(/C=C/C(=O)N[C@@H](C)c2cccc(Cl)c2)CC1. The molecular formula is C46H66ClNO5. The molecule has 53 heavy (non-hydrogen) atoms. The van der Waals surface area contributed by atoms with E-state index >= 15 is 0 Å². The van der Waals surface area contributed by atoms with Crippen molar-refractivity contribution >= 4 is 29.4 Å². The Hall–Kier alpha value is -2.60. The molecule has 2 unspecified atom stereocenters. The van der Waals surface area contributed by atoms with Crippen LogP contribution in [0.4, 0.5) is 0 Å². The first-order valence-corrected chi connectivity index (χ1v) is 20.9. The van der Waals surface area contributed by atoms with Crippen LogP contribution in [0, 0.1) is 56.2 Å². The summed E-state index contributed by atoms with van der Waals surface area (Å²) in [4.78, 5) is 38.3. The fraction of sp³-hybridized carbons (Fsp3) is 0.717. The quantitative estimate of drug-likeness (QED) is 0.149. The molecule has 1 aromatic rings. The lowest BCUT2D eigenvalue weighted by atomic mass is 9.33. The van der Waals surface area contributed by atoms with E-state index in [4.69, 9.17) is 16.3 Å². The second-order valence-electron chi connectivity index (χ2n) is 20.2. The number of carbonyl (C=O) groups excluding carboxylic acids is 2. The monoisotopic (exact) mass is 747 g/mol. The average Bonchev–Trinajstić information content (AvgIpc) is 3.45. The summed E-state index contributed by atoms with van der Waals surface area (Å²) in [5.74, 6) is 0.554. The molecule has 2 N–H and O–H groups in total. The predicted octanol–water partition coefficient (Wildman–Crippen LogP) is 11.3. The predicted molar refractivity (Wildman–Crippen MR) is 212 cm³/mol. The number of amides is 1. The lowest BCUT2D eigenvalue weighted by Gasteiger charge is -2.72. The summed E-state index contributed by atoms with van der Waals surface area (Å²) < 4.78 is 6.19. The molecule has 9 atom stereocenters. The van der Waals surface area contributed by atoms with Crippen molar-refractivity contribution in [2.45, 2.75) is 152 Å². The number of allylic oxidation sites excluding steroid dienone is 3. The number of halogens is 1. The van der Waals surface area contributed by atoms with E-state index in [2.05, 4.69) is 59.9 Å². The Morgan fingerprint density at radius 3 is 2.32 bits per heavy atom. The molecule has 0 heterocycles. The van der Waals surface area contributed by atoms with Crippen molar-refractivity contribution in [3.05, 3.63) is 58.1 Å². The van der Waals surface area contributed by atoms with Gasteiger partial charge in [-0.25, -0.2) is 0 Å². The van der Waals surface area contributed by atoms with Crippen molar-refractivity contribution in [1.82, 2.24) is 5.32 Å². The van der Waals surface area contributed by atoms with Crippen LogP contribution in [0.1, 0.15) is 151 Å². The summed E-state index contributed by atoms with van der Waals surface area (Å²) in [7, 11) is 0. The van der Waals surface area contributed by atoms with E-state index in [1.54, 1.807) is 25.0 Å². The van der Waals surface area contributed by atoms with E-state index < -0.39 is 17.4 Å². The van der Waals surface area contributed by atoms with Crippen LogP contribution >= 0.6 is 11.6 Å². The number of nitrogens with one attached hydrogen (secondary N) is 1. The minimum Gasteiger partial charge on any atom is -0.481 e. The molecule has 0 radical (unpaired) electrons. The molecule has 7 heteroatoms. The van der Waals surface area contributed by atoms with E-state index in [-0.39, 0.29) is 51.5 Å². The second kappa shape index (κ2) is 13.9. The summed E-state index contributed by atoms with van der Waals surface area (Å²) in [5, 5.41) is 13.5. The standard InChI is InChI=1S/C46H66ClNO5/c1-28(2)32-16-22-46(23-19-37(49)48-29(3)30-12-11-13-31(47)26-30)25-24-44(9)33(39(32)46)14-15-35-43(8)20-18-36(53-38(50)27-41(4,5)40(51)52)42(6,7)34(43)17-21-45(35,44)10/h11-13,19,23,26,28-29,33-36H,14-18,20-22,24-25,27H2,1-10H3,(H,48,49)(H,51,52)/b23-19+/t29-,33+,34?,35?,36-,43-,44+,45+,46-/m0/s1. The lowest BCUT2D eigenvalue weighted by Crippen LogP contribution is -2.65. The first-order chi connectivity index (χ1) is 24.6. The smallest absolute Gasteiger partial charge is 0.309 e. The van der Waals surface area contributed by atoms with Gasteiger partial charge in [-0.3, -0.25) is 14.4 Å². The number of aliphatic carboxylic acids is 1. The number of rotatable bonds is 9. The maximum Gasteiger partial charge on any atom is 0.309 e. The first kappa shape index (κ1) is 40.1. The Bertz CT molecular complexity index is 1690. The third kappa shape index (κ3) is 6.63. The third-order valence-corrected chi connectivity index (χ3v) is 16.6. The van der Waals surface area contributed by atoms with Gasteiger partial charge in [0.25, 0.3) is 0 Å². The summed E-state index contributed by atoms with van der Waals surface area (Å²) in [5.41, 5.74) is 3.34. The molecule has 6 nitrogen and oxygen atoms in total. The number of benzene rings is 1. The van der Waals surface area contributed by atoms with Crippen LogP contribution in [0.25, 0.3) is 0 Å². The molecule has 5 aliphatic rings. The molecule has 0 aromatic heterocycles. The van der Waals surface area contributed by atoms with Crippen LogP contribution < -0.4 is 5.32 Å². The number of ether oxygens (including phenoxy) is 1. The van der Waals surface area contributed by atoms with Gasteiger partial charge in [0.2, 0.25) is 5.91 Å². The lowest BCUT2D eigenvalue weighted by molar-refractivity contribution is -0.232. The summed E-state index contributed by atoms with van der Waals surface area (Å²) in [6, 6.07) is 7.57. The first-order valence-electron chi connectivity index (χ1n) is 20.5. The molecule has 0 bridgehead atoms. The molecule has 4 saturated carbocycles. The molecule has 1 amide bonds. The van der Waals surface area contributed by atoms with Crippen molar-refractivity contribution in [2.24, 2.45) is 56.2 Å². The summed E-state index contributed by atoms with van der Waals surface area (Å²) in [6.45, 7) is 22.4. The number of carbonyl (C=O) groups is 3. The molecule has 0 spiro atoms. The van der Waals surface area contributed by atoms with E-state index in [0.717, 1.165) is 56.9 Å². The highest BCUT2D eigenvalue weighted by Gasteiger charge is 2.69. The molecule has 292 valence electrons. The molecule has 6 rings (SSSR count). The molecule has 0 aliphatic heterocycles. The maximum atomic E-state index is 13.4. The second-order valence-corrected chi connectivity index (χ2v) is 20.6. The van der Waals surface area contributed by atoms with Gasteiger partial charge in [-0.05, 0) is 149 Å². The summed E-state index contributed by atoms with van der Waals surface area (Å²) in [6.07, 6.45) is 14.8. The Balaban J connectivity index is 1.24. The molecule has 1 aromatic carbocycles.